The number of nitrogens with one attached hydrogen (secondary N) is 2. The van der Waals surface area contributed by atoms with Crippen LogP contribution in [0.2, 0.25) is 0 Å². The first-order chi connectivity index (χ1) is 14.3. The Morgan fingerprint density at radius 3 is 2.86 bits per heavy atom. The van der Waals surface area contributed by atoms with E-state index < -0.39 is 0 Å². The van der Waals surface area contributed by atoms with Crippen LogP contribution in [0.5, 0.6) is 0 Å². The second-order valence-corrected chi connectivity index (χ2v) is 7.13. The summed E-state index contributed by atoms with van der Waals surface area (Å²) in [7, 11) is 0. The highest BCUT2D eigenvalue weighted by Crippen LogP contribution is 2.24. The maximum atomic E-state index is 12.8. The fourth-order valence-electron chi connectivity index (χ4n) is 3.68. The van der Waals surface area contributed by atoms with E-state index in [-0.39, 0.29) is 11.8 Å². The molecule has 1 unspecified atom stereocenters. The van der Waals surface area contributed by atoms with Crippen molar-refractivity contribution in [1.82, 2.24) is 20.2 Å². The molecule has 3 aromatic heterocycles. The first-order valence-electron chi connectivity index (χ1n) is 9.64. The highest BCUT2D eigenvalue weighted by molar-refractivity contribution is 5.93. The molecular formula is C21H20N6O2. The van der Waals surface area contributed by atoms with E-state index in [0.29, 0.717) is 23.9 Å². The maximum Gasteiger partial charge on any atom is 0.231 e. The Labute approximate surface area is 167 Å². The fraction of sp³-hybridized carbons (Fsp3) is 0.238. The lowest BCUT2D eigenvalue weighted by Crippen LogP contribution is -2.41. The fourth-order valence-corrected chi connectivity index (χ4v) is 3.68. The molecule has 1 aromatic carbocycles. The van der Waals surface area contributed by atoms with Crippen LogP contribution in [-0.4, -0.2) is 39.2 Å². The van der Waals surface area contributed by atoms with Gasteiger partial charge in [0.25, 0.3) is 0 Å². The molecule has 2 N–H and O–H groups in total. The average Bonchev–Trinajstić information content (AvgIpc) is 3.43. The van der Waals surface area contributed by atoms with E-state index in [2.05, 4.69) is 30.4 Å². The Bertz CT molecular complexity index is 1090. The second kappa shape index (κ2) is 7.38. The Balaban J connectivity index is 1.26. The first kappa shape index (κ1) is 17.4. The summed E-state index contributed by atoms with van der Waals surface area (Å²) in [6, 6.07) is 15.2. The molecule has 0 radical (unpaired) electrons. The van der Waals surface area contributed by atoms with Gasteiger partial charge in [-0.05, 0) is 49.2 Å². The molecule has 1 atom stereocenters. The number of fused-ring (bicyclic) bond motifs is 1. The van der Waals surface area contributed by atoms with Gasteiger partial charge in [0, 0.05) is 13.1 Å². The molecule has 146 valence electrons. The molecule has 1 aliphatic rings. The third kappa shape index (κ3) is 3.56. The number of H-pyrrole nitrogens is 1. The van der Waals surface area contributed by atoms with Crippen LogP contribution in [0.15, 0.2) is 59.2 Å². The smallest absolute Gasteiger partial charge is 0.231 e. The van der Waals surface area contributed by atoms with E-state index >= 15 is 0 Å². The average molecular weight is 388 g/mol. The van der Waals surface area contributed by atoms with Gasteiger partial charge in [-0.25, -0.2) is 4.98 Å². The van der Waals surface area contributed by atoms with Crippen LogP contribution in [0.25, 0.3) is 22.5 Å². The van der Waals surface area contributed by atoms with E-state index in [0.717, 1.165) is 36.2 Å². The molecule has 1 saturated heterocycles. The number of hydrogen-bond acceptors (Lipinski definition) is 6. The van der Waals surface area contributed by atoms with Crippen LogP contribution < -0.4 is 10.2 Å². The number of anilines is 2. The normalized spacial score (nSPS) is 16.8. The molecule has 8 heteroatoms. The highest BCUT2D eigenvalue weighted by Gasteiger charge is 2.27. The molecular weight excluding hydrogens is 368 g/mol. The topological polar surface area (TPSA) is 99.9 Å². The van der Waals surface area contributed by atoms with E-state index in [1.807, 2.05) is 48.5 Å². The zero-order chi connectivity index (χ0) is 19.6. The van der Waals surface area contributed by atoms with Crippen molar-refractivity contribution < 1.29 is 9.21 Å². The van der Waals surface area contributed by atoms with Gasteiger partial charge in [0.05, 0.1) is 23.2 Å². The quantitative estimate of drug-likeness (QED) is 0.555. The number of furan rings is 1. The van der Waals surface area contributed by atoms with Crippen LogP contribution in [0.4, 0.5) is 11.8 Å². The number of carbonyl (C=O) groups excluding carboxylic acids is 1. The highest BCUT2D eigenvalue weighted by atomic mass is 16.3. The Hall–Kier alpha value is -3.68. The van der Waals surface area contributed by atoms with Gasteiger partial charge in [-0.1, -0.05) is 12.1 Å². The lowest BCUT2D eigenvalue weighted by Gasteiger charge is -2.32. The predicted octanol–water partition coefficient (Wildman–Crippen LogP) is 3.47. The summed E-state index contributed by atoms with van der Waals surface area (Å²) in [5, 5.41) is 11.5. The molecule has 1 amide bonds. The van der Waals surface area contributed by atoms with E-state index in [4.69, 9.17) is 4.42 Å². The third-order valence-corrected chi connectivity index (χ3v) is 5.17. The summed E-state index contributed by atoms with van der Waals surface area (Å²) in [5.41, 5.74) is 2.43. The zero-order valence-corrected chi connectivity index (χ0v) is 15.7. The van der Waals surface area contributed by atoms with E-state index in [1.165, 1.54) is 0 Å². The van der Waals surface area contributed by atoms with Gasteiger partial charge in [-0.3, -0.25) is 10.1 Å². The minimum absolute atomic E-state index is 0.0334. The minimum Gasteiger partial charge on any atom is -0.463 e. The minimum atomic E-state index is -0.136. The molecule has 1 aliphatic heterocycles. The van der Waals surface area contributed by atoms with Crippen LogP contribution in [-0.2, 0) is 4.79 Å². The van der Waals surface area contributed by atoms with Crippen molar-refractivity contribution in [2.24, 2.45) is 5.92 Å². The number of aromatic nitrogens is 4. The molecule has 0 saturated carbocycles. The maximum absolute atomic E-state index is 12.8. The molecule has 1 fully saturated rings. The summed E-state index contributed by atoms with van der Waals surface area (Å²) in [4.78, 5) is 22.5. The Morgan fingerprint density at radius 1 is 1.14 bits per heavy atom. The van der Waals surface area contributed by atoms with Crippen LogP contribution >= 0.6 is 0 Å². The van der Waals surface area contributed by atoms with Gasteiger partial charge in [0.2, 0.25) is 11.9 Å². The second-order valence-electron chi connectivity index (χ2n) is 7.13. The number of nitrogens with zero attached hydrogens (tertiary/aromatic N) is 4. The number of rotatable bonds is 4. The lowest BCUT2D eigenvalue weighted by atomic mass is 9.97. The number of amides is 1. The monoisotopic (exact) mass is 388 g/mol. The summed E-state index contributed by atoms with van der Waals surface area (Å²) >= 11 is 0. The first-order valence-corrected chi connectivity index (χ1v) is 9.64. The van der Waals surface area contributed by atoms with Crippen LogP contribution in [0.1, 0.15) is 12.8 Å². The number of aromatic amines is 1. The van der Waals surface area contributed by atoms with Crippen molar-refractivity contribution in [3.8, 4) is 11.5 Å². The van der Waals surface area contributed by atoms with Crippen LogP contribution in [0, 0.1) is 5.92 Å². The molecule has 4 aromatic rings. The van der Waals surface area contributed by atoms with Gasteiger partial charge >= 0.3 is 0 Å². The number of imidazole rings is 1. The predicted molar refractivity (Wildman–Crippen MR) is 109 cm³/mol. The Kier molecular flexibility index (Phi) is 4.44. The van der Waals surface area contributed by atoms with Gasteiger partial charge < -0.3 is 14.3 Å². The van der Waals surface area contributed by atoms with Crippen molar-refractivity contribution >= 4 is 28.7 Å². The number of para-hydroxylation sites is 2. The molecule has 8 nitrogen and oxygen atoms in total. The van der Waals surface area contributed by atoms with Crippen molar-refractivity contribution in [2.45, 2.75) is 12.8 Å². The zero-order valence-electron chi connectivity index (χ0n) is 15.7. The molecule has 4 heterocycles. The van der Waals surface area contributed by atoms with Gasteiger partial charge in [0.1, 0.15) is 5.69 Å². The largest absolute Gasteiger partial charge is 0.463 e. The lowest BCUT2D eigenvalue weighted by molar-refractivity contribution is -0.120. The molecule has 29 heavy (non-hydrogen) atoms. The van der Waals surface area contributed by atoms with Crippen molar-refractivity contribution in [1.29, 1.82) is 0 Å². The van der Waals surface area contributed by atoms with Crippen LogP contribution in [0.3, 0.4) is 0 Å². The van der Waals surface area contributed by atoms with Crippen molar-refractivity contribution in [3.63, 3.8) is 0 Å². The molecule has 5 rings (SSSR count). The van der Waals surface area contributed by atoms with E-state index in [1.54, 1.807) is 6.26 Å². The van der Waals surface area contributed by atoms with Crippen molar-refractivity contribution in [3.05, 3.63) is 54.8 Å². The third-order valence-electron chi connectivity index (χ3n) is 5.17. The van der Waals surface area contributed by atoms with Gasteiger partial charge in [-0.2, -0.15) is 0 Å². The Morgan fingerprint density at radius 2 is 2.07 bits per heavy atom. The summed E-state index contributed by atoms with van der Waals surface area (Å²) in [6.45, 7) is 1.45. The SMILES string of the molecule is O=C(Nc1nc2ccccc2[nH]1)C1CCCN(c2ccc(-c3ccco3)nn2)C1. The molecule has 0 spiro atoms. The van der Waals surface area contributed by atoms with Crippen molar-refractivity contribution in [2.75, 3.05) is 23.3 Å². The summed E-state index contributed by atoms with van der Waals surface area (Å²) in [5.74, 6) is 1.76. The number of piperidine rings is 1. The summed E-state index contributed by atoms with van der Waals surface area (Å²) < 4.78 is 5.35. The van der Waals surface area contributed by atoms with E-state index in [9.17, 15) is 4.79 Å². The standard InChI is InChI=1S/C21H20N6O2/c28-20(24-21-22-15-6-1-2-7-16(15)23-21)14-5-3-11-27(13-14)19-10-9-17(25-26-19)18-8-4-12-29-18/h1-2,4,6-10,12,14H,3,5,11,13H2,(H2,22,23,24,28). The van der Waals surface area contributed by atoms with Gasteiger partial charge in [-0.15, -0.1) is 10.2 Å². The number of benzene rings is 1. The molecule has 0 aliphatic carbocycles. The number of hydrogen-bond donors (Lipinski definition) is 2. The summed E-state index contributed by atoms with van der Waals surface area (Å²) in [6.07, 6.45) is 3.36. The number of carbonyl (C=O) groups is 1. The molecule has 0 bridgehead atoms. The van der Waals surface area contributed by atoms with Gasteiger partial charge in [0.15, 0.2) is 11.6 Å².